The van der Waals surface area contributed by atoms with Gasteiger partial charge in [0, 0.05) is 6.42 Å². The van der Waals surface area contributed by atoms with Gasteiger partial charge in [0.1, 0.15) is 10.8 Å². The first kappa shape index (κ1) is 22.7. The molecule has 0 fully saturated rings. The molecule has 0 atom stereocenters. The Labute approximate surface area is 207 Å². The first-order valence-electron chi connectivity index (χ1n) is 11.4. The van der Waals surface area contributed by atoms with Crippen LogP contribution < -0.4 is 0 Å². The monoisotopic (exact) mass is 477 g/mol. The Morgan fingerprint density at radius 3 is 2.17 bits per heavy atom. The van der Waals surface area contributed by atoms with Gasteiger partial charge in [-0.1, -0.05) is 72.8 Å². The molecule has 0 aliphatic carbocycles. The molecule has 5 heteroatoms. The average molecular weight is 478 g/mol. The van der Waals surface area contributed by atoms with Crippen molar-refractivity contribution in [3.8, 4) is 22.3 Å². The number of fused-ring (bicyclic) bond motifs is 1. The smallest absolute Gasteiger partial charge is 0.335 e. The lowest BCUT2D eigenvalue weighted by Gasteiger charge is -2.05. The van der Waals surface area contributed by atoms with Crippen molar-refractivity contribution < 1.29 is 14.7 Å². The lowest BCUT2D eigenvalue weighted by atomic mass is 10.0. The number of carboxylic acids is 1. The molecule has 1 heterocycles. The van der Waals surface area contributed by atoms with E-state index in [-0.39, 0.29) is 11.3 Å². The Hall–Kier alpha value is -4.09. The molecule has 5 rings (SSSR count). The number of thiazole rings is 1. The normalized spacial score (nSPS) is 11.0. The highest BCUT2D eigenvalue weighted by molar-refractivity contribution is 7.18. The maximum atomic E-state index is 12.6. The molecule has 0 unspecified atom stereocenters. The van der Waals surface area contributed by atoms with Crippen LogP contribution in [0.15, 0.2) is 97.1 Å². The highest BCUT2D eigenvalue weighted by Gasteiger charge is 2.11. The van der Waals surface area contributed by atoms with Crippen molar-refractivity contribution in [3.63, 3.8) is 0 Å². The van der Waals surface area contributed by atoms with Gasteiger partial charge in [-0.15, -0.1) is 11.3 Å². The Morgan fingerprint density at radius 1 is 0.743 bits per heavy atom. The van der Waals surface area contributed by atoms with Crippen LogP contribution in [0.1, 0.15) is 27.3 Å². The average Bonchev–Trinajstić information content (AvgIpc) is 3.29. The van der Waals surface area contributed by atoms with Crippen molar-refractivity contribution in [1.82, 2.24) is 4.98 Å². The molecule has 35 heavy (non-hydrogen) atoms. The molecule has 0 bridgehead atoms. The number of carbonyl (C=O) groups is 2. The van der Waals surface area contributed by atoms with Gasteiger partial charge in [-0.25, -0.2) is 9.78 Å². The second-order valence-corrected chi connectivity index (χ2v) is 9.57. The molecule has 0 saturated heterocycles. The maximum Gasteiger partial charge on any atom is 0.335 e. The predicted molar refractivity (Wildman–Crippen MR) is 141 cm³/mol. The number of aromatic carboxylic acids is 1. The molecule has 4 nitrogen and oxygen atoms in total. The molecule has 0 saturated carbocycles. The lowest BCUT2D eigenvalue weighted by Crippen LogP contribution is -2.05. The molecule has 172 valence electrons. The van der Waals surface area contributed by atoms with E-state index in [1.807, 2.05) is 30.3 Å². The van der Waals surface area contributed by atoms with E-state index in [1.54, 1.807) is 29.5 Å². The number of ketones is 1. The molecule has 0 radical (unpaired) electrons. The van der Waals surface area contributed by atoms with Gasteiger partial charge in [-0.2, -0.15) is 0 Å². The second-order valence-electron chi connectivity index (χ2n) is 8.45. The Bertz CT molecular complexity index is 1500. The van der Waals surface area contributed by atoms with Crippen molar-refractivity contribution in [1.29, 1.82) is 0 Å². The minimum Gasteiger partial charge on any atom is -0.478 e. The summed E-state index contributed by atoms with van der Waals surface area (Å²) in [4.78, 5) is 28.4. The number of carboxylic acid groups (broad SMARTS) is 1. The third kappa shape index (κ3) is 5.36. The highest BCUT2D eigenvalue weighted by Crippen LogP contribution is 2.30. The summed E-state index contributed by atoms with van der Waals surface area (Å²) in [5.74, 6) is -0.860. The van der Waals surface area contributed by atoms with Crippen LogP contribution in [0.25, 0.3) is 32.5 Å². The van der Waals surface area contributed by atoms with Crippen LogP contribution in [-0.2, 0) is 17.6 Å². The van der Waals surface area contributed by atoms with Gasteiger partial charge >= 0.3 is 5.97 Å². The SMILES string of the molecule is O=C(CCc1cccc(C(=O)O)c1)Cc1nc2ccc(-c3ccc(-c4ccccc4)cc3)cc2s1. The maximum absolute atomic E-state index is 12.6. The van der Waals surface area contributed by atoms with Crippen molar-refractivity contribution >= 4 is 33.3 Å². The lowest BCUT2D eigenvalue weighted by molar-refractivity contribution is -0.118. The van der Waals surface area contributed by atoms with Gasteiger partial charge < -0.3 is 5.11 Å². The van der Waals surface area contributed by atoms with Crippen molar-refractivity contribution in [2.45, 2.75) is 19.3 Å². The number of hydrogen-bond donors (Lipinski definition) is 1. The van der Waals surface area contributed by atoms with Crippen LogP contribution >= 0.6 is 11.3 Å². The molecular formula is C30H23NO3S. The topological polar surface area (TPSA) is 67.3 Å². The number of benzene rings is 4. The van der Waals surface area contributed by atoms with Crippen LogP contribution in [0.4, 0.5) is 0 Å². The third-order valence-electron chi connectivity index (χ3n) is 5.97. The summed E-state index contributed by atoms with van der Waals surface area (Å²) in [5.41, 5.74) is 6.64. The fourth-order valence-electron chi connectivity index (χ4n) is 4.11. The Balaban J connectivity index is 1.26. The number of aryl methyl sites for hydroxylation is 1. The number of hydrogen-bond acceptors (Lipinski definition) is 4. The molecular weight excluding hydrogens is 454 g/mol. The largest absolute Gasteiger partial charge is 0.478 e. The summed E-state index contributed by atoms with van der Waals surface area (Å²) in [7, 11) is 0. The van der Waals surface area contributed by atoms with E-state index in [2.05, 4.69) is 53.5 Å². The van der Waals surface area contributed by atoms with Gasteiger partial charge in [0.25, 0.3) is 0 Å². The first-order chi connectivity index (χ1) is 17.0. The van der Waals surface area contributed by atoms with Crippen molar-refractivity contribution in [3.05, 3.63) is 113 Å². The fraction of sp³-hybridized carbons (Fsp3) is 0.100. The van der Waals surface area contributed by atoms with Gasteiger partial charge in [0.15, 0.2) is 0 Å². The standard InChI is InChI=1S/C30H23NO3S/c32-26(15-9-20-5-4-8-25(17-20)30(33)34)19-29-31-27-16-14-24(18-28(27)35-29)23-12-10-22(11-13-23)21-6-2-1-3-7-21/h1-8,10-14,16-18H,9,15,19H2,(H,33,34). The van der Waals surface area contributed by atoms with E-state index >= 15 is 0 Å². The van der Waals surface area contributed by atoms with Gasteiger partial charge in [-0.05, 0) is 58.5 Å². The molecule has 0 aliphatic heterocycles. The van der Waals surface area contributed by atoms with Gasteiger partial charge in [-0.3, -0.25) is 4.79 Å². The molecule has 1 N–H and O–H groups in total. The molecule has 0 amide bonds. The van der Waals surface area contributed by atoms with Crippen LogP contribution in [-0.4, -0.2) is 21.8 Å². The molecule has 1 aromatic heterocycles. The van der Waals surface area contributed by atoms with Gasteiger partial charge in [0.2, 0.25) is 0 Å². The number of carbonyl (C=O) groups excluding carboxylic acids is 1. The van der Waals surface area contributed by atoms with E-state index in [0.717, 1.165) is 31.9 Å². The summed E-state index contributed by atoms with van der Waals surface area (Å²) in [6.45, 7) is 0. The first-order valence-corrected chi connectivity index (χ1v) is 12.3. The highest BCUT2D eigenvalue weighted by atomic mass is 32.1. The summed E-state index contributed by atoms with van der Waals surface area (Å²) >= 11 is 1.55. The zero-order chi connectivity index (χ0) is 24.2. The van der Waals surface area contributed by atoms with E-state index in [9.17, 15) is 9.59 Å². The Morgan fingerprint density at radius 2 is 1.43 bits per heavy atom. The summed E-state index contributed by atoms with van der Waals surface area (Å²) in [6, 6.07) is 31.8. The minimum atomic E-state index is -0.959. The minimum absolute atomic E-state index is 0.0986. The predicted octanol–water partition coefficient (Wildman–Crippen LogP) is 7.07. The number of aromatic nitrogens is 1. The van der Waals surface area contributed by atoms with Crippen LogP contribution in [0.3, 0.4) is 0 Å². The van der Waals surface area contributed by atoms with Gasteiger partial charge in [0.05, 0.1) is 22.2 Å². The van der Waals surface area contributed by atoms with Crippen molar-refractivity contribution in [2.24, 2.45) is 0 Å². The zero-order valence-electron chi connectivity index (χ0n) is 19.0. The molecule has 4 aromatic carbocycles. The number of Topliss-reactive ketones (excluding diaryl/α,β-unsaturated/α-hetero) is 1. The molecule has 0 spiro atoms. The van der Waals surface area contributed by atoms with Crippen LogP contribution in [0.2, 0.25) is 0 Å². The second kappa shape index (κ2) is 10.0. The fourth-order valence-corrected chi connectivity index (χ4v) is 5.15. The molecule has 5 aromatic rings. The number of rotatable bonds is 8. The summed E-state index contributed by atoms with van der Waals surface area (Å²) in [6.07, 6.45) is 1.17. The third-order valence-corrected chi connectivity index (χ3v) is 6.99. The van der Waals surface area contributed by atoms with E-state index in [0.29, 0.717) is 19.3 Å². The van der Waals surface area contributed by atoms with E-state index < -0.39 is 5.97 Å². The van der Waals surface area contributed by atoms with Crippen molar-refractivity contribution in [2.75, 3.05) is 0 Å². The van der Waals surface area contributed by atoms with Crippen LogP contribution in [0, 0.1) is 0 Å². The van der Waals surface area contributed by atoms with Crippen LogP contribution in [0.5, 0.6) is 0 Å². The Kier molecular flexibility index (Phi) is 6.51. The summed E-state index contributed by atoms with van der Waals surface area (Å²) in [5, 5.41) is 9.93. The molecule has 0 aliphatic rings. The quantitative estimate of drug-likeness (QED) is 0.259. The zero-order valence-corrected chi connectivity index (χ0v) is 19.8. The number of nitrogens with zero attached hydrogens (tertiary/aromatic N) is 1. The van der Waals surface area contributed by atoms with E-state index in [4.69, 9.17) is 5.11 Å². The van der Waals surface area contributed by atoms with E-state index in [1.165, 1.54) is 11.1 Å². The summed E-state index contributed by atoms with van der Waals surface area (Å²) < 4.78 is 1.06.